The molecule has 0 saturated heterocycles. The van der Waals surface area contributed by atoms with Crippen LogP contribution in [0, 0.1) is 5.92 Å². The monoisotopic (exact) mass is 153 g/mol. The largest absolute Gasteiger partial charge is 0.396 e. The van der Waals surface area contributed by atoms with E-state index in [0.717, 1.165) is 6.54 Å². The fraction of sp³-hybridized carbons (Fsp3) is 0.778. The molecule has 1 aliphatic carbocycles. The maximum Gasteiger partial charge on any atom is 0.0514 e. The SMILES string of the molecule is OCC1CNC2=C1CCCC2. The van der Waals surface area contributed by atoms with Crippen molar-refractivity contribution in [2.24, 2.45) is 5.92 Å². The Kier molecular flexibility index (Phi) is 1.86. The molecule has 0 aromatic carbocycles. The summed E-state index contributed by atoms with van der Waals surface area (Å²) in [4.78, 5) is 0. The highest BCUT2D eigenvalue weighted by Crippen LogP contribution is 2.32. The van der Waals surface area contributed by atoms with E-state index in [1.807, 2.05) is 0 Å². The predicted molar refractivity (Wildman–Crippen MR) is 44.1 cm³/mol. The van der Waals surface area contributed by atoms with Crippen LogP contribution in [0.15, 0.2) is 11.3 Å². The molecule has 62 valence electrons. The maximum atomic E-state index is 9.03. The topological polar surface area (TPSA) is 32.3 Å². The van der Waals surface area contributed by atoms with Crippen molar-refractivity contribution in [3.8, 4) is 0 Å². The normalized spacial score (nSPS) is 30.1. The van der Waals surface area contributed by atoms with Crippen molar-refractivity contribution in [3.05, 3.63) is 11.3 Å². The van der Waals surface area contributed by atoms with Crippen LogP contribution < -0.4 is 5.32 Å². The molecule has 0 aromatic rings. The number of allylic oxidation sites excluding steroid dienone is 1. The average molecular weight is 153 g/mol. The summed E-state index contributed by atoms with van der Waals surface area (Å²) in [6.45, 7) is 1.30. The van der Waals surface area contributed by atoms with Gasteiger partial charge in [0.1, 0.15) is 0 Å². The minimum absolute atomic E-state index is 0.325. The van der Waals surface area contributed by atoms with Gasteiger partial charge in [-0.05, 0) is 31.3 Å². The Labute approximate surface area is 67.3 Å². The first-order valence-electron chi connectivity index (χ1n) is 4.48. The van der Waals surface area contributed by atoms with E-state index in [2.05, 4.69) is 5.32 Å². The molecule has 1 aliphatic heterocycles. The van der Waals surface area contributed by atoms with Gasteiger partial charge in [0.2, 0.25) is 0 Å². The van der Waals surface area contributed by atoms with E-state index in [1.165, 1.54) is 37.0 Å². The molecule has 2 heteroatoms. The molecule has 2 aliphatic rings. The highest BCUT2D eigenvalue weighted by molar-refractivity contribution is 5.23. The van der Waals surface area contributed by atoms with Gasteiger partial charge in [0, 0.05) is 18.2 Å². The van der Waals surface area contributed by atoms with Crippen molar-refractivity contribution >= 4 is 0 Å². The highest BCUT2D eigenvalue weighted by atomic mass is 16.3. The second-order valence-electron chi connectivity index (χ2n) is 3.47. The van der Waals surface area contributed by atoms with E-state index in [1.54, 1.807) is 0 Å². The summed E-state index contributed by atoms with van der Waals surface area (Å²) in [5, 5.41) is 12.4. The number of aliphatic hydroxyl groups is 1. The van der Waals surface area contributed by atoms with Gasteiger partial charge >= 0.3 is 0 Å². The van der Waals surface area contributed by atoms with E-state index in [9.17, 15) is 0 Å². The van der Waals surface area contributed by atoms with E-state index < -0.39 is 0 Å². The van der Waals surface area contributed by atoms with Gasteiger partial charge in [-0.2, -0.15) is 0 Å². The van der Waals surface area contributed by atoms with Gasteiger partial charge in [-0.15, -0.1) is 0 Å². The van der Waals surface area contributed by atoms with Gasteiger partial charge in [0.25, 0.3) is 0 Å². The third kappa shape index (κ3) is 1.16. The minimum atomic E-state index is 0.325. The number of rotatable bonds is 1. The molecular weight excluding hydrogens is 138 g/mol. The molecule has 2 nitrogen and oxygen atoms in total. The van der Waals surface area contributed by atoms with Gasteiger partial charge in [-0.25, -0.2) is 0 Å². The Balaban J connectivity index is 2.15. The molecule has 0 spiro atoms. The molecule has 0 bridgehead atoms. The number of aliphatic hydroxyl groups excluding tert-OH is 1. The molecule has 0 amide bonds. The van der Waals surface area contributed by atoms with Gasteiger partial charge in [-0.1, -0.05) is 0 Å². The first-order valence-corrected chi connectivity index (χ1v) is 4.48. The summed E-state index contributed by atoms with van der Waals surface area (Å²) < 4.78 is 0. The van der Waals surface area contributed by atoms with Crippen LogP contribution in [0.2, 0.25) is 0 Å². The van der Waals surface area contributed by atoms with Crippen LogP contribution >= 0.6 is 0 Å². The number of hydrogen-bond donors (Lipinski definition) is 2. The molecule has 0 saturated carbocycles. The fourth-order valence-corrected chi connectivity index (χ4v) is 2.13. The zero-order valence-electron chi connectivity index (χ0n) is 6.77. The zero-order chi connectivity index (χ0) is 7.68. The molecule has 2 N–H and O–H groups in total. The summed E-state index contributed by atoms with van der Waals surface area (Å²) in [6.07, 6.45) is 5.07. The van der Waals surface area contributed by atoms with Crippen LogP contribution in [0.25, 0.3) is 0 Å². The van der Waals surface area contributed by atoms with Gasteiger partial charge in [0.05, 0.1) is 6.61 Å². The van der Waals surface area contributed by atoms with Crippen LogP contribution in [0.3, 0.4) is 0 Å². The molecule has 0 fully saturated rings. The Bertz CT molecular complexity index is 186. The Morgan fingerprint density at radius 2 is 2.18 bits per heavy atom. The molecule has 2 rings (SSSR count). The Hall–Kier alpha value is -0.500. The van der Waals surface area contributed by atoms with E-state index in [4.69, 9.17) is 5.11 Å². The Morgan fingerprint density at radius 1 is 1.36 bits per heavy atom. The second kappa shape index (κ2) is 2.86. The first-order chi connectivity index (χ1) is 5.42. The van der Waals surface area contributed by atoms with Crippen LogP contribution in [-0.2, 0) is 0 Å². The molecular formula is C9H15NO. The van der Waals surface area contributed by atoms with Crippen LogP contribution in [0.1, 0.15) is 25.7 Å². The zero-order valence-corrected chi connectivity index (χ0v) is 6.77. The number of hydrogen-bond acceptors (Lipinski definition) is 2. The van der Waals surface area contributed by atoms with Crippen LogP contribution in [-0.4, -0.2) is 18.3 Å². The third-order valence-electron chi connectivity index (χ3n) is 2.79. The van der Waals surface area contributed by atoms with Crippen LogP contribution in [0.5, 0.6) is 0 Å². The maximum absolute atomic E-state index is 9.03. The quantitative estimate of drug-likeness (QED) is 0.589. The molecule has 1 unspecified atom stereocenters. The second-order valence-corrected chi connectivity index (χ2v) is 3.47. The summed E-state index contributed by atoms with van der Waals surface area (Å²) in [7, 11) is 0. The molecule has 1 heterocycles. The van der Waals surface area contributed by atoms with Crippen molar-refractivity contribution in [1.82, 2.24) is 5.32 Å². The molecule has 1 atom stereocenters. The summed E-state index contributed by atoms with van der Waals surface area (Å²) in [6, 6.07) is 0. The molecule has 11 heavy (non-hydrogen) atoms. The standard InChI is InChI=1S/C9H15NO/c11-6-7-5-10-9-4-2-1-3-8(7)9/h7,10-11H,1-6H2. The Morgan fingerprint density at radius 3 is 3.00 bits per heavy atom. The lowest BCUT2D eigenvalue weighted by atomic mass is 9.91. The lowest BCUT2D eigenvalue weighted by molar-refractivity contribution is 0.249. The highest BCUT2D eigenvalue weighted by Gasteiger charge is 2.25. The summed E-state index contributed by atoms with van der Waals surface area (Å²) in [5.74, 6) is 0.435. The third-order valence-corrected chi connectivity index (χ3v) is 2.79. The van der Waals surface area contributed by atoms with E-state index >= 15 is 0 Å². The average Bonchev–Trinajstić information content (AvgIpc) is 2.47. The lowest BCUT2D eigenvalue weighted by Gasteiger charge is -2.15. The van der Waals surface area contributed by atoms with Gasteiger partial charge in [0.15, 0.2) is 0 Å². The number of nitrogens with one attached hydrogen (secondary N) is 1. The van der Waals surface area contributed by atoms with Crippen molar-refractivity contribution in [2.45, 2.75) is 25.7 Å². The minimum Gasteiger partial charge on any atom is -0.396 e. The molecule has 0 aromatic heterocycles. The van der Waals surface area contributed by atoms with Crippen molar-refractivity contribution in [3.63, 3.8) is 0 Å². The van der Waals surface area contributed by atoms with E-state index in [0.29, 0.717) is 12.5 Å². The van der Waals surface area contributed by atoms with E-state index in [-0.39, 0.29) is 0 Å². The van der Waals surface area contributed by atoms with Gasteiger partial charge < -0.3 is 10.4 Å². The van der Waals surface area contributed by atoms with Crippen molar-refractivity contribution < 1.29 is 5.11 Å². The summed E-state index contributed by atoms with van der Waals surface area (Å²) >= 11 is 0. The smallest absolute Gasteiger partial charge is 0.0514 e. The first kappa shape index (κ1) is 7.17. The fourth-order valence-electron chi connectivity index (χ4n) is 2.13. The van der Waals surface area contributed by atoms with Crippen molar-refractivity contribution in [1.29, 1.82) is 0 Å². The van der Waals surface area contributed by atoms with Crippen molar-refractivity contribution in [2.75, 3.05) is 13.2 Å². The molecule has 0 radical (unpaired) electrons. The van der Waals surface area contributed by atoms with Crippen LogP contribution in [0.4, 0.5) is 0 Å². The summed E-state index contributed by atoms with van der Waals surface area (Å²) in [5.41, 5.74) is 2.95. The predicted octanol–water partition coefficient (Wildman–Crippen LogP) is 1.03. The lowest BCUT2D eigenvalue weighted by Crippen LogP contribution is -2.14. The van der Waals surface area contributed by atoms with Gasteiger partial charge in [-0.3, -0.25) is 0 Å².